The Morgan fingerprint density at radius 1 is 1.40 bits per heavy atom. The third-order valence-corrected chi connectivity index (χ3v) is 2.96. The number of imidazole rings is 1. The van der Waals surface area contributed by atoms with Crippen molar-refractivity contribution in [3.05, 3.63) is 36.4 Å². The molecule has 7 nitrogen and oxygen atoms in total. The van der Waals surface area contributed by atoms with Crippen molar-refractivity contribution in [2.24, 2.45) is 0 Å². The number of benzene rings is 1. The van der Waals surface area contributed by atoms with E-state index in [1.165, 1.54) is 0 Å². The highest BCUT2D eigenvalue weighted by Gasteiger charge is 2.07. The lowest BCUT2D eigenvalue weighted by atomic mass is 10.3. The van der Waals surface area contributed by atoms with Crippen molar-refractivity contribution in [2.75, 3.05) is 5.32 Å². The molecule has 0 fully saturated rings. The van der Waals surface area contributed by atoms with Gasteiger partial charge in [0.25, 0.3) is 0 Å². The van der Waals surface area contributed by atoms with Gasteiger partial charge in [-0.1, -0.05) is 12.1 Å². The monoisotopic (exact) mass is 270 g/mol. The third-order valence-electron chi connectivity index (χ3n) is 2.96. The summed E-state index contributed by atoms with van der Waals surface area (Å²) in [6.45, 7) is 2.34. The minimum atomic E-state index is -0.123. The number of aromatic nitrogens is 5. The van der Waals surface area contributed by atoms with Crippen molar-refractivity contribution < 1.29 is 4.79 Å². The molecule has 0 aliphatic heterocycles. The molecule has 0 saturated carbocycles. The number of aromatic amines is 1. The first kappa shape index (κ1) is 12.3. The topological polar surface area (TPSA) is 88.5 Å². The van der Waals surface area contributed by atoms with Gasteiger partial charge in [-0.25, -0.2) is 4.98 Å². The number of carbonyl (C=O) groups is 1. The molecule has 2 N–H and O–H groups in total. The van der Waals surface area contributed by atoms with Crippen LogP contribution in [0, 0.1) is 6.92 Å². The van der Waals surface area contributed by atoms with Gasteiger partial charge in [0.1, 0.15) is 5.82 Å². The summed E-state index contributed by atoms with van der Waals surface area (Å²) in [6, 6.07) is 7.83. The molecule has 7 heteroatoms. The Labute approximate surface area is 115 Å². The first-order chi connectivity index (χ1) is 9.72. The number of rotatable bonds is 4. The van der Waals surface area contributed by atoms with Crippen molar-refractivity contribution in [3.8, 4) is 0 Å². The zero-order valence-electron chi connectivity index (χ0n) is 11.0. The summed E-state index contributed by atoms with van der Waals surface area (Å²) < 4.78 is 1.96. The van der Waals surface area contributed by atoms with Crippen LogP contribution in [0.25, 0.3) is 11.0 Å². The summed E-state index contributed by atoms with van der Waals surface area (Å²) in [4.78, 5) is 20.1. The quantitative estimate of drug-likeness (QED) is 0.751. The second-order valence-corrected chi connectivity index (χ2v) is 4.47. The smallest absolute Gasteiger partial charge is 0.248 e. The number of amides is 1. The third kappa shape index (κ3) is 2.51. The van der Waals surface area contributed by atoms with E-state index in [1.807, 2.05) is 28.8 Å². The van der Waals surface area contributed by atoms with Gasteiger partial charge in [-0.15, -0.1) is 5.10 Å². The maximum absolute atomic E-state index is 11.8. The Morgan fingerprint density at radius 2 is 2.25 bits per heavy atom. The number of anilines is 1. The van der Waals surface area contributed by atoms with Crippen LogP contribution in [0.1, 0.15) is 12.2 Å². The highest BCUT2D eigenvalue weighted by Crippen LogP contribution is 2.12. The van der Waals surface area contributed by atoms with Crippen LogP contribution in [-0.2, 0) is 11.3 Å². The Kier molecular flexibility index (Phi) is 3.16. The Morgan fingerprint density at radius 3 is 3.05 bits per heavy atom. The van der Waals surface area contributed by atoms with Gasteiger partial charge < -0.3 is 4.57 Å². The predicted octanol–water partition coefficient (Wildman–Crippen LogP) is 1.49. The summed E-state index contributed by atoms with van der Waals surface area (Å²) >= 11 is 0. The molecule has 0 unspecified atom stereocenters. The van der Waals surface area contributed by atoms with Crippen LogP contribution in [0.4, 0.5) is 5.95 Å². The lowest BCUT2D eigenvalue weighted by Crippen LogP contribution is -2.15. The molecule has 1 aromatic carbocycles. The van der Waals surface area contributed by atoms with Gasteiger partial charge in [-0.05, 0) is 19.1 Å². The van der Waals surface area contributed by atoms with E-state index in [0.717, 1.165) is 11.0 Å². The molecule has 0 spiro atoms. The first-order valence-corrected chi connectivity index (χ1v) is 6.31. The molecule has 3 rings (SSSR count). The first-order valence-electron chi connectivity index (χ1n) is 6.31. The number of nitrogens with one attached hydrogen (secondary N) is 2. The van der Waals surface area contributed by atoms with E-state index < -0.39 is 0 Å². The van der Waals surface area contributed by atoms with Crippen molar-refractivity contribution in [1.82, 2.24) is 24.7 Å². The van der Waals surface area contributed by atoms with Crippen LogP contribution in [0.5, 0.6) is 0 Å². The average Bonchev–Trinajstić information content (AvgIpc) is 3.03. The van der Waals surface area contributed by atoms with E-state index in [-0.39, 0.29) is 5.91 Å². The van der Waals surface area contributed by atoms with Gasteiger partial charge in [0, 0.05) is 13.0 Å². The molecular weight excluding hydrogens is 256 g/mol. The largest absolute Gasteiger partial charge is 0.330 e. The van der Waals surface area contributed by atoms with Gasteiger partial charge in [0.05, 0.1) is 17.4 Å². The van der Waals surface area contributed by atoms with E-state index in [4.69, 9.17) is 0 Å². The molecule has 0 radical (unpaired) electrons. The molecule has 3 aromatic rings. The van der Waals surface area contributed by atoms with Gasteiger partial charge >= 0.3 is 0 Å². The summed E-state index contributed by atoms with van der Waals surface area (Å²) in [5.41, 5.74) is 1.95. The average molecular weight is 270 g/mol. The zero-order chi connectivity index (χ0) is 13.9. The molecule has 2 heterocycles. The standard InChI is InChI=1S/C13H14N6O/c1-9-15-13(18-17-9)16-12(20)6-7-19-8-14-10-4-2-3-5-11(10)19/h2-5,8H,6-7H2,1H3,(H2,15,16,17,18,20). The maximum Gasteiger partial charge on any atom is 0.248 e. The number of aryl methyl sites for hydroxylation is 2. The van der Waals surface area contributed by atoms with Crippen molar-refractivity contribution in [1.29, 1.82) is 0 Å². The number of nitrogens with zero attached hydrogens (tertiary/aromatic N) is 4. The van der Waals surface area contributed by atoms with Crippen LogP contribution in [0.15, 0.2) is 30.6 Å². The molecule has 2 aromatic heterocycles. The zero-order valence-corrected chi connectivity index (χ0v) is 11.0. The number of hydrogen-bond acceptors (Lipinski definition) is 4. The predicted molar refractivity (Wildman–Crippen MR) is 74.1 cm³/mol. The van der Waals surface area contributed by atoms with E-state index in [0.29, 0.717) is 24.7 Å². The van der Waals surface area contributed by atoms with Crippen molar-refractivity contribution in [3.63, 3.8) is 0 Å². The van der Waals surface area contributed by atoms with Gasteiger partial charge in [-0.2, -0.15) is 4.98 Å². The van der Waals surface area contributed by atoms with Crippen LogP contribution in [0.3, 0.4) is 0 Å². The van der Waals surface area contributed by atoms with Gasteiger partial charge in [0.15, 0.2) is 0 Å². The summed E-state index contributed by atoms with van der Waals surface area (Å²) in [5.74, 6) is 0.852. The van der Waals surface area contributed by atoms with Gasteiger partial charge in [-0.3, -0.25) is 15.2 Å². The summed E-state index contributed by atoms with van der Waals surface area (Å²) in [7, 11) is 0. The second kappa shape index (κ2) is 5.12. The minimum Gasteiger partial charge on any atom is -0.330 e. The highest BCUT2D eigenvalue weighted by molar-refractivity contribution is 5.88. The number of carbonyl (C=O) groups excluding carboxylic acids is 1. The maximum atomic E-state index is 11.8. The Balaban J connectivity index is 1.63. The highest BCUT2D eigenvalue weighted by atomic mass is 16.1. The molecule has 1 amide bonds. The Hall–Kier alpha value is -2.70. The van der Waals surface area contributed by atoms with Crippen molar-refractivity contribution in [2.45, 2.75) is 19.9 Å². The molecular formula is C13H14N6O. The van der Waals surface area contributed by atoms with Crippen LogP contribution < -0.4 is 5.32 Å². The fourth-order valence-corrected chi connectivity index (χ4v) is 2.00. The lowest BCUT2D eigenvalue weighted by Gasteiger charge is -2.03. The van der Waals surface area contributed by atoms with E-state index in [1.54, 1.807) is 13.3 Å². The normalized spacial score (nSPS) is 10.8. The molecule has 0 aliphatic carbocycles. The molecule has 0 atom stereocenters. The minimum absolute atomic E-state index is 0.123. The molecule has 20 heavy (non-hydrogen) atoms. The van der Waals surface area contributed by atoms with E-state index >= 15 is 0 Å². The number of para-hydroxylation sites is 2. The summed E-state index contributed by atoms with van der Waals surface area (Å²) in [5, 5.41) is 9.19. The molecule has 0 saturated heterocycles. The van der Waals surface area contributed by atoms with Gasteiger partial charge in [0.2, 0.25) is 11.9 Å². The molecule has 0 aliphatic rings. The molecule has 0 bridgehead atoms. The van der Waals surface area contributed by atoms with E-state index in [2.05, 4.69) is 25.5 Å². The summed E-state index contributed by atoms with van der Waals surface area (Å²) in [6.07, 6.45) is 2.09. The number of hydrogen-bond donors (Lipinski definition) is 2. The Bertz CT molecular complexity index is 744. The fourth-order valence-electron chi connectivity index (χ4n) is 2.00. The second-order valence-electron chi connectivity index (χ2n) is 4.47. The van der Waals surface area contributed by atoms with Crippen LogP contribution in [0.2, 0.25) is 0 Å². The number of fused-ring (bicyclic) bond motifs is 1. The van der Waals surface area contributed by atoms with Crippen LogP contribution in [-0.4, -0.2) is 30.6 Å². The van der Waals surface area contributed by atoms with E-state index in [9.17, 15) is 4.79 Å². The van der Waals surface area contributed by atoms with Crippen molar-refractivity contribution >= 4 is 22.9 Å². The SMILES string of the molecule is Cc1nc(NC(=O)CCn2cnc3ccccc32)n[nH]1. The fraction of sp³-hybridized carbons (Fsp3) is 0.231. The lowest BCUT2D eigenvalue weighted by molar-refractivity contribution is -0.116. The number of H-pyrrole nitrogens is 1. The molecule has 102 valence electrons. The van der Waals surface area contributed by atoms with Crippen LogP contribution >= 0.6 is 0 Å².